The predicted molar refractivity (Wildman–Crippen MR) is 74.6 cm³/mol. The normalized spacial score (nSPS) is 19.2. The maximum absolute atomic E-state index is 11.7. The summed E-state index contributed by atoms with van der Waals surface area (Å²) in [5, 5.41) is 5.63. The van der Waals surface area contributed by atoms with Gasteiger partial charge in [0.2, 0.25) is 0 Å². The van der Waals surface area contributed by atoms with E-state index in [2.05, 4.69) is 5.10 Å². The van der Waals surface area contributed by atoms with Gasteiger partial charge in [-0.25, -0.2) is 9.48 Å². The van der Waals surface area contributed by atoms with Crippen LogP contribution >= 0.6 is 0 Å². The molecule has 3 rings (SSSR count). The van der Waals surface area contributed by atoms with Gasteiger partial charge in [-0.05, 0) is 38.3 Å². The number of hydrogen-bond donors (Lipinski definition) is 0. The third-order valence-electron chi connectivity index (χ3n) is 3.74. The number of nitrogens with zero attached hydrogens (tertiary/aromatic N) is 2. The van der Waals surface area contributed by atoms with Crippen molar-refractivity contribution in [2.45, 2.75) is 32.4 Å². The fraction of sp³-hybridized carbons (Fsp3) is 0.467. The van der Waals surface area contributed by atoms with Crippen molar-refractivity contribution in [2.75, 3.05) is 13.7 Å². The molecule has 1 fully saturated rings. The molecule has 1 saturated heterocycles. The summed E-state index contributed by atoms with van der Waals surface area (Å²) in [5.41, 5.74) is 2.42. The Balaban J connectivity index is 2.08. The molecule has 0 bridgehead atoms. The first kappa shape index (κ1) is 13.1. The molecule has 106 valence electrons. The lowest BCUT2D eigenvalue weighted by atomic mass is 10.1. The molecule has 1 atom stereocenters. The Hall–Kier alpha value is -1.88. The fourth-order valence-electron chi connectivity index (χ4n) is 2.68. The van der Waals surface area contributed by atoms with Gasteiger partial charge in [-0.2, -0.15) is 5.10 Å². The maximum atomic E-state index is 11.7. The summed E-state index contributed by atoms with van der Waals surface area (Å²) in [5.74, 6) is -0.332. The van der Waals surface area contributed by atoms with Crippen LogP contribution in [0.4, 0.5) is 0 Å². The van der Waals surface area contributed by atoms with E-state index >= 15 is 0 Å². The number of aromatic nitrogens is 2. The van der Waals surface area contributed by atoms with Gasteiger partial charge < -0.3 is 9.47 Å². The van der Waals surface area contributed by atoms with E-state index in [1.54, 1.807) is 6.07 Å². The van der Waals surface area contributed by atoms with Crippen LogP contribution in [0.1, 0.15) is 41.5 Å². The van der Waals surface area contributed by atoms with E-state index < -0.39 is 0 Å². The van der Waals surface area contributed by atoms with Crippen molar-refractivity contribution in [1.82, 2.24) is 9.78 Å². The molecule has 1 unspecified atom stereocenters. The molecule has 0 spiro atoms. The molecule has 0 saturated carbocycles. The van der Waals surface area contributed by atoms with Crippen molar-refractivity contribution in [3.05, 3.63) is 29.5 Å². The average Bonchev–Trinajstić information content (AvgIpc) is 2.84. The highest BCUT2D eigenvalue weighted by Crippen LogP contribution is 2.28. The Kier molecular flexibility index (Phi) is 3.44. The number of hydrogen-bond acceptors (Lipinski definition) is 4. The summed E-state index contributed by atoms with van der Waals surface area (Å²) >= 11 is 0. The van der Waals surface area contributed by atoms with E-state index in [9.17, 15) is 4.79 Å². The van der Waals surface area contributed by atoms with Crippen molar-refractivity contribution in [3.8, 4) is 0 Å². The monoisotopic (exact) mass is 274 g/mol. The van der Waals surface area contributed by atoms with Crippen LogP contribution < -0.4 is 0 Å². The lowest BCUT2D eigenvalue weighted by Crippen LogP contribution is -2.19. The number of ether oxygens (including phenoxy) is 2. The zero-order valence-corrected chi connectivity index (χ0v) is 11.8. The lowest BCUT2D eigenvalue weighted by molar-refractivity contribution is -0.0368. The molecule has 0 amide bonds. The molecule has 2 heterocycles. The summed E-state index contributed by atoms with van der Waals surface area (Å²) in [6.45, 7) is 2.74. The Morgan fingerprint density at radius 3 is 3.00 bits per heavy atom. The zero-order chi connectivity index (χ0) is 14.1. The van der Waals surface area contributed by atoms with Crippen LogP contribution in [0, 0.1) is 6.92 Å². The van der Waals surface area contributed by atoms with Gasteiger partial charge in [0.25, 0.3) is 0 Å². The van der Waals surface area contributed by atoms with Gasteiger partial charge in [-0.1, -0.05) is 6.07 Å². The van der Waals surface area contributed by atoms with Gasteiger partial charge in [-0.15, -0.1) is 0 Å². The number of esters is 1. The smallest absolute Gasteiger partial charge is 0.337 e. The molecule has 0 N–H and O–H groups in total. The maximum Gasteiger partial charge on any atom is 0.337 e. The van der Waals surface area contributed by atoms with Gasteiger partial charge in [0.15, 0.2) is 6.23 Å². The molecule has 1 aliphatic rings. The Labute approximate surface area is 117 Å². The molecule has 2 aromatic rings. The number of carbonyl (C=O) groups excluding carboxylic acids is 1. The number of carbonyl (C=O) groups is 1. The van der Waals surface area contributed by atoms with Crippen LogP contribution in [-0.2, 0) is 9.47 Å². The number of fused-ring (bicyclic) bond motifs is 1. The van der Waals surface area contributed by atoms with E-state index in [1.165, 1.54) is 7.11 Å². The summed E-state index contributed by atoms with van der Waals surface area (Å²) in [4.78, 5) is 11.7. The van der Waals surface area contributed by atoms with E-state index in [0.717, 1.165) is 42.5 Å². The number of rotatable bonds is 2. The minimum absolute atomic E-state index is 0.0344. The Morgan fingerprint density at radius 2 is 2.30 bits per heavy atom. The van der Waals surface area contributed by atoms with Crippen LogP contribution in [-0.4, -0.2) is 29.5 Å². The zero-order valence-electron chi connectivity index (χ0n) is 11.8. The highest BCUT2D eigenvalue weighted by molar-refractivity contribution is 5.95. The van der Waals surface area contributed by atoms with Crippen molar-refractivity contribution in [3.63, 3.8) is 0 Å². The minimum atomic E-state index is -0.332. The number of aryl methyl sites for hydroxylation is 1. The lowest BCUT2D eigenvalue weighted by Gasteiger charge is -2.23. The molecule has 5 heteroatoms. The topological polar surface area (TPSA) is 53.3 Å². The molecule has 1 aromatic heterocycles. The highest BCUT2D eigenvalue weighted by atomic mass is 16.5. The van der Waals surface area contributed by atoms with Crippen molar-refractivity contribution < 1.29 is 14.3 Å². The van der Waals surface area contributed by atoms with Crippen LogP contribution in [0.5, 0.6) is 0 Å². The largest absolute Gasteiger partial charge is 0.465 e. The number of benzene rings is 1. The molecule has 0 aliphatic carbocycles. The van der Waals surface area contributed by atoms with Gasteiger partial charge in [0, 0.05) is 12.0 Å². The second kappa shape index (κ2) is 5.25. The molecule has 0 radical (unpaired) electrons. The Morgan fingerprint density at radius 1 is 1.45 bits per heavy atom. The van der Waals surface area contributed by atoms with E-state index in [-0.39, 0.29) is 12.2 Å². The van der Waals surface area contributed by atoms with Gasteiger partial charge in [-0.3, -0.25) is 0 Å². The van der Waals surface area contributed by atoms with Crippen LogP contribution in [0.3, 0.4) is 0 Å². The van der Waals surface area contributed by atoms with Crippen LogP contribution in [0.15, 0.2) is 18.2 Å². The predicted octanol–water partition coefficient (Wildman–Crippen LogP) is 2.83. The molecule has 1 aliphatic heterocycles. The number of methoxy groups -OCH3 is 1. The molecular weight excluding hydrogens is 256 g/mol. The molecule has 5 nitrogen and oxygen atoms in total. The molecule has 20 heavy (non-hydrogen) atoms. The standard InChI is InChI=1S/C15H18N2O3/c1-10-12-7-6-11(15(18)19-2)9-13(12)17(16-10)14-5-3-4-8-20-14/h6-7,9,14H,3-5,8H2,1-2H3. The summed E-state index contributed by atoms with van der Waals surface area (Å²) in [7, 11) is 1.39. The van der Waals surface area contributed by atoms with Crippen molar-refractivity contribution in [1.29, 1.82) is 0 Å². The van der Waals surface area contributed by atoms with Crippen molar-refractivity contribution >= 4 is 16.9 Å². The van der Waals surface area contributed by atoms with Gasteiger partial charge >= 0.3 is 5.97 Å². The average molecular weight is 274 g/mol. The Bertz CT molecular complexity index is 642. The SMILES string of the molecule is COC(=O)c1ccc2c(C)nn(C3CCCCO3)c2c1. The third-order valence-corrected chi connectivity index (χ3v) is 3.74. The van der Waals surface area contributed by atoms with Crippen LogP contribution in [0.25, 0.3) is 10.9 Å². The van der Waals surface area contributed by atoms with E-state index in [0.29, 0.717) is 5.56 Å². The second-order valence-corrected chi connectivity index (χ2v) is 5.07. The van der Waals surface area contributed by atoms with E-state index in [4.69, 9.17) is 9.47 Å². The minimum Gasteiger partial charge on any atom is -0.465 e. The first-order valence-electron chi connectivity index (χ1n) is 6.89. The molecular formula is C15H18N2O3. The summed E-state index contributed by atoms with van der Waals surface area (Å²) in [6.07, 6.45) is 3.16. The van der Waals surface area contributed by atoms with Crippen molar-refractivity contribution in [2.24, 2.45) is 0 Å². The first-order valence-corrected chi connectivity index (χ1v) is 6.89. The quantitative estimate of drug-likeness (QED) is 0.790. The van der Waals surface area contributed by atoms with E-state index in [1.807, 2.05) is 23.7 Å². The van der Waals surface area contributed by atoms with Crippen LogP contribution in [0.2, 0.25) is 0 Å². The second-order valence-electron chi connectivity index (χ2n) is 5.07. The molecule has 1 aromatic carbocycles. The van der Waals surface area contributed by atoms with Gasteiger partial charge in [0.1, 0.15) is 0 Å². The summed E-state index contributed by atoms with van der Waals surface area (Å²) in [6, 6.07) is 5.53. The third kappa shape index (κ3) is 2.18. The summed E-state index contributed by atoms with van der Waals surface area (Å²) < 4.78 is 12.5. The highest BCUT2D eigenvalue weighted by Gasteiger charge is 2.20. The first-order chi connectivity index (χ1) is 9.70. The fourth-order valence-corrected chi connectivity index (χ4v) is 2.68. The van der Waals surface area contributed by atoms with Gasteiger partial charge in [0.05, 0.1) is 23.9 Å².